The highest BCUT2D eigenvalue weighted by Crippen LogP contribution is 2.44. The van der Waals surface area contributed by atoms with E-state index in [0.29, 0.717) is 11.8 Å². The summed E-state index contributed by atoms with van der Waals surface area (Å²) in [5.41, 5.74) is -0.122. The molecule has 0 unspecified atom stereocenters. The van der Waals surface area contributed by atoms with Crippen molar-refractivity contribution in [2.75, 3.05) is 39.1 Å². The maximum absolute atomic E-state index is 12.9. The number of halogens is 1. The first-order chi connectivity index (χ1) is 10.2. The largest absolute Gasteiger partial charge is 0.381 e. The van der Waals surface area contributed by atoms with Crippen molar-refractivity contribution in [1.82, 2.24) is 10.6 Å². The lowest BCUT2D eigenvalue weighted by Gasteiger charge is -2.40. The van der Waals surface area contributed by atoms with Gasteiger partial charge in [0.25, 0.3) is 0 Å². The third-order valence-corrected chi connectivity index (χ3v) is 7.32. The van der Waals surface area contributed by atoms with E-state index in [1.165, 1.54) is 19.3 Å². The Labute approximate surface area is 144 Å². The van der Waals surface area contributed by atoms with Crippen LogP contribution in [0, 0.1) is 11.3 Å². The third-order valence-electron chi connectivity index (χ3n) is 5.90. The van der Waals surface area contributed by atoms with Gasteiger partial charge in [0.2, 0.25) is 5.91 Å². The van der Waals surface area contributed by atoms with Gasteiger partial charge in [0.15, 0.2) is 0 Å². The predicted molar refractivity (Wildman–Crippen MR) is 93.8 cm³/mol. The molecule has 2 saturated heterocycles. The average molecular weight is 349 g/mol. The summed E-state index contributed by atoms with van der Waals surface area (Å²) in [4.78, 5) is 12.9. The Morgan fingerprint density at radius 3 is 2.82 bits per heavy atom. The summed E-state index contributed by atoms with van der Waals surface area (Å²) in [6.45, 7) is 4.34. The van der Waals surface area contributed by atoms with E-state index in [-0.39, 0.29) is 22.6 Å². The van der Waals surface area contributed by atoms with Crippen molar-refractivity contribution in [3.05, 3.63) is 0 Å². The molecular formula is C16H29ClN2O2S. The lowest BCUT2D eigenvalue weighted by molar-refractivity contribution is -0.134. The van der Waals surface area contributed by atoms with Crippen molar-refractivity contribution in [2.45, 2.75) is 43.3 Å². The Morgan fingerprint density at radius 1 is 1.32 bits per heavy atom. The van der Waals surface area contributed by atoms with Crippen LogP contribution in [0.25, 0.3) is 0 Å². The molecule has 2 N–H and O–H groups in total. The quantitative estimate of drug-likeness (QED) is 0.818. The van der Waals surface area contributed by atoms with Crippen LogP contribution in [0.4, 0.5) is 0 Å². The third kappa shape index (κ3) is 3.42. The zero-order chi connectivity index (χ0) is 14.8. The van der Waals surface area contributed by atoms with Gasteiger partial charge in [-0.1, -0.05) is 12.8 Å². The first-order valence-electron chi connectivity index (χ1n) is 8.33. The maximum Gasteiger partial charge on any atom is 0.227 e. The Morgan fingerprint density at radius 2 is 2.09 bits per heavy atom. The molecule has 128 valence electrons. The number of ether oxygens (including phenoxy) is 1. The molecule has 6 heteroatoms. The minimum atomic E-state index is -0.122. The standard InChI is InChI=1S/C16H28N2O2S.ClH/c1-21-15(6-8-20-9-7-15)11-18-14(19)16-5-3-2-4-13(16)10-17-12-16;/h13,17H,2-12H2,1H3,(H,18,19);1H/t13-,16+;/m0./s1. The SMILES string of the molecule is CSC1(CNC(=O)[C@@]23CCCC[C@H]2CNC3)CCOCC1.Cl. The minimum absolute atomic E-state index is 0. The number of thioether (sulfide) groups is 1. The molecular weight excluding hydrogens is 320 g/mol. The van der Waals surface area contributed by atoms with Gasteiger partial charge in [-0.05, 0) is 44.4 Å². The van der Waals surface area contributed by atoms with Crippen LogP contribution in [-0.2, 0) is 9.53 Å². The zero-order valence-electron chi connectivity index (χ0n) is 13.5. The number of hydrogen-bond donors (Lipinski definition) is 2. The molecule has 0 aromatic carbocycles. The van der Waals surface area contributed by atoms with Crippen LogP contribution in [0.3, 0.4) is 0 Å². The van der Waals surface area contributed by atoms with E-state index in [1.54, 1.807) is 0 Å². The lowest BCUT2D eigenvalue weighted by atomic mass is 9.67. The molecule has 3 fully saturated rings. The second-order valence-corrected chi connectivity index (χ2v) is 8.19. The second kappa shape index (κ2) is 7.73. The molecule has 1 aliphatic carbocycles. The maximum atomic E-state index is 12.9. The van der Waals surface area contributed by atoms with Gasteiger partial charge in [0.05, 0.1) is 5.41 Å². The Kier molecular flexibility index (Phi) is 6.46. The summed E-state index contributed by atoms with van der Waals surface area (Å²) >= 11 is 1.89. The Balaban J connectivity index is 0.00000176. The van der Waals surface area contributed by atoms with E-state index >= 15 is 0 Å². The molecule has 0 radical (unpaired) electrons. The summed E-state index contributed by atoms with van der Waals surface area (Å²) in [6, 6.07) is 0. The highest BCUT2D eigenvalue weighted by Gasteiger charge is 2.50. The van der Waals surface area contributed by atoms with Gasteiger partial charge in [-0.15, -0.1) is 12.4 Å². The summed E-state index contributed by atoms with van der Waals surface area (Å²) in [6.07, 6.45) is 9.01. The van der Waals surface area contributed by atoms with E-state index in [2.05, 4.69) is 16.9 Å². The molecule has 2 aliphatic heterocycles. The van der Waals surface area contributed by atoms with Crippen molar-refractivity contribution in [2.24, 2.45) is 11.3 Å². The summed E-state index contributed by atoms with van der Waals surface area (Å²) in [5, 5.41) is 6.78. The van der Waals surface area contributed by atoms with Gasteiger partial charge in [-0.25, -0.2) is 0 Å². The Bertz CT molecular complexity index is 390. The zero-order valence-corrected chi connectivity index (χ0v) is 15.1. The van der Waals surface area contributed by atoms with E-state index in [1.807, 2.05) is 11.8 Å². The molecule has 3 aliphatic rings. The first kappa shape index (κ1) is 18.4. The van der Waals surface area contributed by atoms with Crippen LogP contribution >= 0.6 is 24.2 Å². The number of amides is 1. The molecule has 0 aromatic heterocycles. The topological polar surface area (TPSA) is 50.4 Å². The van der Waals surface area contributed by atoms with Crippen molar-refractivity contribution in [3.63, 3.8) is 0 Å². The average Bonchev–Trinajstić information content (AvgIpc) is 2.98. The van der Waals surface area contributed by atoms with Gasteiger partial charge in [-0.2, -0.15) is 11.8 Å². The summed E-state index contributed by atoms with van der Waals surface area (Å²) in [7, 11) is 0. The number of carbonyl (C=O) groups is 1. The van der Waals surface area contributed by atoms with Crippen LogP contribution in [0.2, 0.25) is 0 Å². The van der Waals surface area contributed by atoms with E-state index in [4.69, 9.17) is 4.74 Å². The van der Waals surface area contributed by atoms with Crippen molar-refractivity contribution in [1.29, 1.82) is 0 Å². The molecule has 0 bridgehead atoms. The fourth-order valence-corrected chi connectivity index (χ4v) is 5.10. The number of carbonyl (C=O) groups excluding carboxylic acids is 1. The molecule has 1 amide bonds. The number of fused-ring (bicyclic) bond motifs is 1. The van der Waals surface area contributed by atoms with Crippen molar-refractivity contribution < 1.29 is 9.53 Å². The monoisotopic (exact) mass is 348 g/mol. The van der Waals surface area contributed by atoms with Gasteiger partial charge < -0.3 is 15.4 Å². The molecule has 2 heterocycles. The Hall–Kier alpha value is 0.0300. The highest BCUT2D eigenvalue weighted by atomic mass is 35.5. The van der Waals surface area contributed by atoms with E-state index in [9.17, 15) is 4.79 Å². The van der Waals surface area contributed by atoms with Crippen molar-refractivity contribution in [3.8, 4) is 0 Å². The molecule has 1 saturated carbocycles. The highest BCUT2D eigenvalue weighted by molar-refractivity contribution is 8.00. The smallest absolute Gasteiger partial charge is 0.227 e. The van der Waals surface area contributed by atoms with Crippen LogP contribution in [0.15, 0.2) is 0 Å². The van der Waals surface area contributed by atoms with Gasteiger partial charge in [-0.3, -0.25) is 4.79 Å². The summed E-state index contributed by atoms with van der Waals surface area (Å²) < 4.78 is 5.66. The molecule has 22 heavy (non-hydrogen) atoms. The molecule has 0 spiro atoms. The van der Waals surface area contributed by atoms with Crippen LogP contribution in [0.5, 0.6) is 0 Å². The lowest BCUT2D eigenvalue weighted by Crippen LogP contribution is -2.52. The van der Waals surface area contributed by atoms with Gasteiger partial charge >= 0.3 is 0 Å². The van der Waals surface area contributed by atoms with E-state index in [0.717, 1.165) is 52.1 Å². The van der Waals surface area contributed by atoms with Gasteiger partial charge in [0.1, 0.15) is 0 Å². The molecule has 4 nitrogen and oxygen atoms in total. The molecule has 2 atom stereocenters. The second-order valence-electron chi connectivity index (χ2n) is 6.91. The number of hydrogen-bond acceptors (Lipinski definition) is 4. The van der Waals surface area contributed by atoms with Crippen molar-refractivity contribution >= 4 is 30.1 Å². The predicted octanol–water partition coefficient (Wildman–Crippen LogP) is 2.22. The number of rotatable bonds is 4. The van der Waals surface area contributed by atoms with E-state index < -0.39 is 0 Å². The number of nitrogens with one attached hydrogen (secondary N) is 2. The molecule has 3 rings (SSSR count). The normalized spacial score (nSPS) is 33.6. The summed E-state index contributed by atoms with van der Waals surface area (Å²) in [5.74, 6) is 0.850. The van der Waals surface area contributed by atoms with Gasteiger partial charge in [0, 0.05) is 31.1 Å². The fourth-order valence-electron chi connectivity index (χ4n) is 4.30. The van der Waals surface area contributed by atoms with Crippen LogP contribution in [0.1, 0.15) is 38.5 Å². The first-order valence-corrected chi connectivity index (χ1v) is 9.55. The van der Waals surface area contributed by atoms with Crippen LogP contribution < -0.4 is 10.6 Å². The fraction of sp³-hybridized carbons (Fsp3) is 0.938. The molecule has 0 aromatic rings. The minimum Gasteiger partial charge on any atom is -0.381 e. The van der Waals surface area contributed by atoms with Crippen LogP contribution in [-0.4, -0.2) is 49.8 Å².